The van der Waals surface area contributed by atoms with Crippen molar-refractivity contribution in [3.8, 4) is 11.5 Å². The molecule has 0 radical (unpaired) electrons. The highest BCUT2D eigenvalue weighted by Gasteiger charge is 2.19. The minimum atomic E-state index is -0.227. The van der Waals surface area contributed by atoms with Gasteiger partial charge in [-0.3, -0.25) is 0 Å². The van der Waals surface area contributed by atoms with E-state index < -0.39 is 0 Å². The van der Waals surface area contributed by atoms with Crippen LogP contribution < -0.4 is 0 Å². The van der Waals surface area contributed by atoms with Crippen molar-refractivity contribution in [1.82, 2.24) is 25.2 Å². The second-order valence-electron chi connectivity index (χ2n) is 4.32. The summed E-state index contributed by atoms with van der Waals surface area (Å²) in [6.45, 7) is 4.86. The number of H-pyrrole nitrogens is 1. The number of nitrogens with one attached hydrogen (secondary N) is 1. The van der Waals surface area contributed by atoms with Gasteiger partial charge in [-0.2, -0.15) is 5.21 Å². The number of aryl methyl sites for hydroxylation is 2. The highest BCUT2D eigenvalue weighted by atomic mass is 19.1. The minimum Gasteiger partial charge on any atom is -0.338 e. The van der Waals surface area contributed by atoms with Gasteiger partial charge in [0, 0.05) is 17.4 Å². The zero-order valence-electron chi connectivity index (χ0n) is 10.8. The van der Waals surface area contributed by atoms with Crippen LogP contribution in [0.4, 0.5) is 4.39 Å². The predicted molar refractivity (Wildman–Crippen MR) is 70.1 cm³/mol. The molecule has 6 heteroatoms. The lowest BCUT2D eigenvalue weighted by atomic mass is 10.1. The van der Waals surface area contributed by atoms with Crippen molar-refractivity contribution >= 4 is 10.9 Å². The molecule has 1 N–H and O–H groups in total. The van der Waals surface area contributed by atoms with Crippen LogP contribution in [-0.4, -0.2) is 25.2 Å². The van der Waals surface area contributed by atoms with E-state index in [1.165, 1.54) is 6.07 Å². The van der Waals surface area contributed by atoms with Crippen LogP contribution in [0.15, 0.2) is 18.2 Å². The number of hydrogen-bond acceptors (Lipinski definition) is 3. The van der Waals surface area contributed by atoms with Crippen molar-refractivity contribution in [2.24, 2.45) is 0 Å². The van der Waals surface area contributed by atoms with Crippen LogP contribution >= 0.6 is 0 Å². The van der Waals surface area contributed by atoms with Gasteiger partial charge >= 0.3 is 0 Å². The van der Waals surface area contributed by atoms with Gasteiger partial charge in [-0.25, -0.2) is 4.39 Å². The number of aromatic nitrogens is 5. The van der Waals surface area contributed by atoms with Crippen LogP contribution in [-0.2, 0) is 13.0 Å². The molecule has 3 rings (SSSR count). The average Bonchev–Trinajstić information content (AvgIpc) is 3.02. The molecule has 0 aliphatic rings. The Balaban J connectivity index is 2.42. The molecule has 98 valence electrons. The van der Waals surface area contributed by atoms with Crippen molar-refractivity contribution in [2.75, 3.05) is 0 Å². The van der Waals surface area contributed by atoms with Crippen LogP contribution in [0.25, 0.3) is 22.4 Å². The molecular formula is C13H14FN5. The number of fused-ring (bicyclic) bond motifs is 1. The van der Waals surface area contributed by atoms with E-state index in [4.69, 9.17) is 0 Å². The largest absolute Gasteiger partial charge is 0.338 e. The highest BCUT2D eigenvalue weighted by molar-refractivity contribution is 5.90. The van der Waals surface area contributed by atoms with Crippen molar-refractivity contribution < 1.29 is 4.39 Å². The lowest BCUT2D eigenvalue weighted by Crippen LogP contribution is -1.99. The lowest BCUT2D eigenvalue weighted by molar-refractivity contribution is 0.629. The van der Waals surface area contributed by atoms with Gasteiger partial charge in [0.15, 0.2) is 0 Å². The van der Waals surface area contributed by atoms with E-state index in [-0.39, 0.29) is 5.82 Å². The summed E-state index contributed by atoms with van der Waals surface area (Å²) >= 11 is 0. The normalized spacial score (nSPS) is 11.3. The van der Waals surface area contributed by atoms with E-state index in [0.29, 0.717) is 5.82 Å². The Kier molecular flexibility index (Phi) is 2.77. The lowest BCUT2D eigenvalue weighted by Gasteiger charge is -2.05. The van der Waals surface area contributed by atoms with E-state index in [1.54, 1.807) is 12.1 Å². The number of tetrazole rings is 1. The van der Waals surface area contributed by atoms with Crippen molar-refractivity contribution in [2.45, 2.75) is 26.8 Å². The van der Waals surface area contributed by atoms with Crippen molar-refractivity contribution in [1.29, 1.82) is 0 Å². The standard InChI is InChI=1S/C13H14FN5/c1-3-9-10-7-8(14)5-6-11(10)19(4-2)12(9)13-15-17-18-16-13/h5-7H,3-4H2,1-2H3,(H,15,16,17,18). The van der Waals surface area contributed by atoms with Gasteiger partial charge in [0.1, 0.15) is 5.82 Å². The summed E-state index contributed by atoms with van der Waals surface area (Å²) in [7, 11) is 0. The molecule has 19 heavy (non-hydrogen) atoms. The number of benzene rings is 1. The van der Waals surface area contributed by atoms with Gasteiger partial charge in [-0.05, 0) is 42.3 Å². The van der Waals surface area contributed by atoms with Gasteiger partial charge < -0.3 is 4.57 Å². The van der Waals surface area contributed by atoms with Gasteiger partial charge in [0.05, 0.1) is 5.69 Å². The number of hydrogen-bond donors (Lipinski definition) is 1. The Morgan fingerprint density at radius 3 is 2.79 bits per heavy atom. The van der Waals surface area contributed by atoms with Crippen LogP contribution in [0.5, 0.6) is 0 Å². The number of nitrogens with zero attached hydrogens (tertiary/aromatic N) is 4. The first-order valence-corrected chi connectivity index (χ1v) is 6.30. The zero-order valence-corrected chi connectivity index (χ0v) is 10.8. The third kappa shape index (κ3) is 1.71. The molecule has 0 atom stereocenters. The van der Waals surface area contributed by atoms with E-state index in [0.717, 1.165) is 35.1 Å². The Hall–Kier alpha value is -2.24. The summed E-state index contributed by atoms with van der Waals surface area (Å²) in [6.07, 6.45) is 0.789. The quantitative estimate of drug-likeness (QED) is 0.786. The fourth-order valence-electron chi connectivity index (χ4n) is 2.60. The maximum absolute atomic E-state index is 13.5. The average molecular weight is 259 g/mol. The molecule has 2 aromatic heterocycles. The van der Waals surface area contributed by atoms with Crippen LogP contribution in [0.3, 0.4) is 0 Å². The smallest absolute Gasteiger partial charge is 0.221 e. The second-order valence-corrected chi connectivity index (χ2v) is 4.32. The van der Waals surface area contributed by atoms with Crippen LogP contribution in [0.2, 0.25) is 0 Å². The fourth-order valence-corrected chi connectivity index (χ4v) is 2.60. The van der Waals surface area contributed by atoms with Crippen molar-refractivity contribution in [3.63, 3.8) is 0 Å². The molecule has 2 heterocycles. The summed E-state index contributed by atoms with van der Waals surface area (Å²) in [4.78, 5) is 0. The SMILES string of the molecule is CCc1c(-c2nn[nH]n2)n(CC)c2ccc(F)cc12. The third-order valence-electron chi connectivity index (χ3n) is 3.36. The molecule has 0 aliphatic heterocycles. The summed E-state index contributed by atoms with van der Waals surface area (Å²) in [6, 6.07) is 4.86. The minimum absolute atomic E-state index is 0.227. The molecule has 0 saturated heterocycles. The second kappa shape index (κ2) is 4.46. The van der Waals surface area contributed by atoms with Crippen LogP contribution in [0, 0.1) is 5.82 Å². The van der Waals surface area contributed by atoms with Gasteiger partial charge in [0.2, 0.25) is 5.82 Å². The molecular weight excluding hydrogens is 245 g/mol. The first-order chi connectivity index (χ1) is 9.26. The molecule has 0 aliphatic carbocycles. The monoisotopic (exact) mass is 259 g/mol. The summed E-state index contributed by atoms with van der Waals surface area (Å²) in [5.41, 5.74) is 2.97. The molecule has 0 fully saturated rings. The molecule has 0 spiro atoms. The van der Waals surface area contributed by atoms with Crippen molar-refractivity contribution in [3.05, 3.63) is 29.6 Å². The first kappa shape index (κ1) is 11.8. The van der Waals surface area contributed by atoms with E-state index in [2.05, 4.69) is 25.2 Å². The summed E-state index contributed by atoms with van der Waals surface area (Å²) in [5.74, 6) is 0.324. The summed E-state index contributed by atoms with van der Waals surface area (Å²) in [5, 5.41) is 15.1. The first-order valence-electron chi connectivity index (χ1n) is 6.30. The molecule has 5 nitrogen and oxygen atoms in total. The molecule has 0 saturated carbocycles. The molecule has 0 amide bonds. The molecule has 1 aromatic carbocycles. The fraction of sp³-hybridized carbons (Fsp3) is 0.308. The van der Waals surface area contributed by atoms with Gasteiger partial charge in [-0.15, -0.1) is 10.2 Å². The topological polar surface area (TPSA) is 59.4 Å². The highest BCUT2D eigenvalue weighted by Crippen LogP contribution is 2.32. The predicted octanol–water partition coefficient (Wildman–Crippen LogP) is 2.54. The van der Waals surface area contributed by atoms with Gasteiger partial charge in [0.25, 0.3) is 0 Å². The Bertz CT molecular complexity index is 714. The maximum atomic E-state index is 13.5. The molecule has 3 aromatic rings. The molecule has 0 unspecified atom stereocenters. The van der Waals surface area contributed by atoms with E-state index in [1.807, 2.05) is 13.8 Å². The van der Waals surface area contributed by atoms with E-state index >= 15 is 0 Å². The zero-order chi connectivity index (χ0) is 13.4. The Morgan fingerprint density at radius 1 is 1.32 bits per heavy atom. The van der Waals surface area contributed by atoms with Gasteiger partial charge in [-0.1, -0.05) is 6.92 Å². The Morgan fingerprint density at radius 2 is 2.16 bits per heavy atom. The maximum Gasteiger partial charge on any atom is 0.221 e. The third-order valence-corrected chi connectivity index (χ3v) is 3.36. The number of halogens is 1. The number of rotatable bonds is 3. The van der Waals surface area contributed by atoms with Crippen LogP contribution in [0.1, 0.15) is 19.4 Å². The summed E-state index contributed by atoms with van der Waals surface area (Å²) < 4.78 is 15.6. The number of aromatic amines is 1. The van der Waals surface area contributed by atoms with E-state index in [9.17, 15) is 4.39 Å². The Labute approximate surface area is 109 Å². The molecule has 0 bridgehead atoms.